The number of anilines is 1. The van der Waals surface area contributed by atoms with Gasteiger partial charge in [-0.15, -0.1) is 11.6 Å². The molecule has 1 unspecified atom stereocenters. The highest BCUT2D eigenvalue weighted by atomic mass is 79.9. The van der Waals surface area contributed by atoms with Crippen molar-refractivity contribution in [2.75, 3.05) is 11.2 Å². The molecule has 0 aliphatic rings. The molecule has 0 fully saturated rings. The molecule has 0 bridgehead atoms. The van der Waals surface area contributed by atoms with E-state index in [0.717, 1.165) is 6.07 Å². The van der Waals surface area contributed by atoms with Gasteiger partial charge < -0.3 is 5.32 Å². The molecule has 0 aromatic carbocycles. The number of hydrogen-bond acceptors (Lipinski definition) is 2. The van der Waals surface area contributed by atoms with Gasteiger partial charge in [0.25, 0.3) is 0 Å². The first-order valence-corrected chi connectivity index (χ1v) is 6.63. The third kappa shape index (κ3) is 4.02. The van der Waals surface area contributed by atoms with Crippen molar-refractivity contribution in [1.82, 2.24) is 4.98 Å². The largest absolute Gasteiger partial charge is 0.419 e. The van der Waals surface area contributed by atoms with Gasteiger partial charge in [-0.05, 0) is 27.9 Å². The highest BCUT2D eigenvalue weighted by Crippen LogP contribution is 2.35. The van der Waals surface area contributed by atoms with Crippen LogP contribution in [0.4, 0.5) is 19.0 Å². The van der Waals surface area contributed by atoms with Crippen molar-refractivity contribution >= 4 is 33.3 Å². The Morgan fingerprint density at radius 1 is 1.44 bits per heavy atom. The summed E-state index contributed by atoms with van der Waals surface area (Å²) in [5.74, 6) is 0.131. The molecule has 1 heterocycles. The fourth-order valence-corrected chi connectivity index (χ4v) is 2.09. The van der Waals surface area contributed by atoms with E-state index in [2.05, 4.69) is 26.2 Å². The van der Waals surface area contributed by atoms with E-state index in [1.807, 2.05) is 13.8 Å². The summed E-state index contributed by atoms with van der Waals surface area (Å²) in [5.41, 5.74) is -0.798. The predicted molar refractivity (Wildman–Crippen MR) is 69.9 cm³/mol. The van der Waals surface area contributed by atoms with Gasteiger partial charge in [-0.3, -0.25) is 0 Å². The number of nitrogens with zero attached hydrogens (tertiary/aromatic N) is 1. The normalized spacial score (nSPS) is 13.8. The molecule has 1 aromatic rings. The second-order valence-corrected chi connectivity index (χ2v) is 5.42. The Kier molecular flexibility index (Phi) is 5.28. The second-order valence-electron chi connectivity index (χ2n) is 4.20. The predicted octanol–water partition coefficient (Wildman–Crippen LogP) is 4.54. The smallest absolute Gasteiger partial charge is 0.365 e. The van der Waals surface area contributed by atoms with E-state index < -0.39 is 11.7 Å². The van der Waals surface area contributed by atoms with Gasteiger partial charge in [-0.1, -0.05) is 13.8 Å². The lowest BCUT2D eigenvalue weighted by Gasteiger charge is -2.22. The number of aromatic nitrogens is 1. The number of hydrogen-bond donors (Lipinski definition) is 1. The molecule has 102 valence electrons. The van der Waals surface area contributed by atoms with Crippen molar-refractivity contribution < 1.29 is 13.2 Å². The molecule has 1 rings (SSSR count). The summed E-state index contributed by atoms with van der Waals surface area (Å²) in [6, 6.07) is 0.738. The highest BCUT2D eigenvalue weighted by molar-refractivity contribution is 9.10. The van der Waals surface area contributed by atoms with Crippen molar-refractivity contribution in [1.29, 1.82) is 0 Å². The van der Waals surface area contributed by atoms with Gasteiger partial charge in [0.1, 0.15) is 5.82 Å². The van der Waals surface area contributed by atoms with Crippen molar-refractivity contribution in [2.45, 2.75) is 26.1 Å². The molecule has 0 saturated carbocycles. The number of pyridine rings is 1. The summed E-state index contributed by atoms with van der Waals surface area (Å²) in [4.78, 5) is 3.78. The molecule has 0 radical (unpaired) electrons. The van der Waals surface area contributed by atoms with Crippen LogP contribution in [0, 0.1) is 5.92 Å². The molecular weight excluding hydrogens is 332 g/mol. The molecular formula is C11H13BrClF3N2. The molecule has 0 amide bonds. The third-order valence-corrected chi connectivity index (χ3v) is 3.22. The number of alkyl halides is 4. The fraction of sp³-hybridized carbons (Fsp3) is 0.545. The van der Waals surface area contributed by atoms with Gasteiger partial charge in [0.2, 0.25) is 0 Å². The first-order valence-electron chi connectivity index (χ1n) is 5.31. The molecule has 1 N–H and O–H groups in total. The van der Waals surface area contributed by atoms with Crippen LogP contribution >= 0.6 is 27.5 Å². The van der Waals surface area contributed by atoms with Gasteiger partial charge in [0.15, 0.2) is 0 Å². The van der Waals surface area contributed by atoms with Crippen LogP contribution in [0.5, 0.6) is 0 Å². The average molecular weight is 346 g/mol. The van der Waals surface area contributed by atoms with E-state index in [-0.39, 0.29) is 28.1 Å². The highest BCUT2D eigenvalue weighted by Gasteiger charge is 2.35. The van der Waals surface area contributed by atoms with Gasteiger partial charge >= 0.3 is 6.18 Å². The van der Waals surface area contributed by atoms with Gasteiger partial charge in [0.05, 0.1) is 5.56 Å². The lowest BCUT2D eigenvalue weighted by atomic mass is 10.1. The quantitative estimate of drug-likeness (QED) is 0.811. The van der Waals surface area contributed by atoms with Crippen LogP contribution in [0.25, 0.3) is 0 Å². The van der Waals surface area contributed by atoms with Crippen LogP contribution in [0.15, 0.2) is 16.7 Å². The SMILES string of the molecule is CC(C)C(CCl)Nc1ncc(Br)cc1C(F)(F)F. The van der Waals surface area contributed by atoms with Crippen LogP contribution < -0.4 is 5.32 Å². The van der Waals surface area contributed by atoms with Gasteiger partial charge in [-0.25, -0.2) is 4.98 Å². The molecule has 0 saturated heterocycles. The van der Waals surface area contributed by atoms with E-state index in [4.69, 9.17) is 11.6 Å². The Morgan fingerprint density at radius 2 is 2.06 bits per heavy atom. The first-order chi connectivity index (χ1) is 8.25. The fourth-order valence-electron chi connectivity index (χ4n) is 1.33. The second kappa shape index (κ2) is 6.10. The number of halogens is 5. The molecule has 0 aliphatic carbocycles. The Labute approximate surface area is 117 Å². The topological polar surface area (TPSA) is 24.9 Å². The van der Waals surface area contributed by atoms with Crippen LogP contribution in [-0.4, -0.2) is 16.9 Å². The minimum atomic E-state index is -4.45. The number of nitrogens with one attached hydrogen (secondary N) is 1. The van der Waals surface area contributed by atoms with Crippen LogP contribution in [-0.2, 0) is 6.18 Å². The molecule has 1 aromatic heterocycles. The van der Waals surface area contributed by atoms with Crippen molar-refractivity contribution in [3.63, 3.8) is 0 Å². The van der Waals surface area contributed by atoms with Crippen molar-refractivity contribution in [3.8, 4) is 0 Å². The monoisotopic (exact) mass is 344 g/mol. The van der Waals surface area contributed by atoms with Gasteiger partial charge in [-0.2, -0.15) is 13.2 Å². The molecule has 1 atom stereocenters. The Bertz CT molecular complexity index is 410. The molecule has 0 spiro atoms. The van der Waals surface area contributed by atoms with Crippen LogP contribution in [0.1, 0.15) is 19.4 Å². The maximum Gasteiger partial charge on any atom is 0.419 e. The molecule has 2 nitrogen and oxygen atoms in total. The Balaban J connectivity index is 3.09. The van der Waals surface area contributed by atoms with E-state index in [1.165, 1.54) is 6.20 Å². The van der Waals surface area contributed by atoms with Crippen LogP contribution in [0.2, 0.25) is 0 Å². The third-order valence-electron chi connectivity index (χ3n) is 2.45. The maximum atomic E-state index is 12.9. The Morgan fingerprint density at radius 3 is 2.50 bits per heavy atom. The summed E-state index contributed by atoms with van der Waals surface area (Å²) in [5, 5.41) is 2.75. The minimum absolute atomic E-state index is 0.106. The Hall–Kier alpha value is -0.490. The lowest BCUT2D eigenvalue weighted by molar-refractivity contribution is -0.137. The van der Waals surface area contributed by atoms with Gasteiger partial charge in [0, 0.05) is 22.6 Å². The summed E-state index contributed by atoms with van der Waals surface area (Å²) in [6.07, 6.45) is -3.13. The summed E-state index contributed by atoms with van der Waals surface area (Å²) in [6.45, 7) is 3.76. The summed E-state index contributed by atoms with van der Waals surface area (Å²) in [7, 11) is 0. The summed E-state index contributed by atoms with van der Waals surface area (Å²) < 4.78 is 38.8. The first kappa shape index (κ1) is 15.6. The van der Waals surface area contributed by atoms with E-state index in [1.54, 1.807) is 0 Å². The standard InChI is InChI=1S/C11H13BrClF3N2/c1-6(2)9(4-13)18-10-8(11(14,15)16)3-7(12)5-17-10/h3,5-6,9H,4H2,1-2H3,(H,17,18). The molecule has 7 heteroatoms. The molecule has 0 aliphatic heterocycles. The van der Waals surface area contributed by atoms with Crippen LogP contribution in [0.3, 0.4) is 0 Å². The van der Waals surface area contributed by atoms with Crippen molar-refractivity contribution in [2.24, 2.45) is 5.92 Å². The summed E-state index contributed by atoms with van der Waals surface area (Å²) >= 11 is 8.71. The zero-order chi connectivity index (χ0) is 13.9. The minimum Gasteiger partial charge on any atom is -0.365 e. The van der Waals surface area contributed by atoms with E-state index >= 15 is 0 Å². The van der Waals surface area contributed by atoms with E-state index in [9.17, 15) is 13.2 Å². The zero-order valence-electron chi connectivity index (χ0n) is 9.85. The molecule has 18 heavy (non-hydrogen) atoms. The lowest BCUT2D eigenvalue weighted by Crippen LogP contribution is -2.29. The number of rotatable bonds is 4. The average Bonchev–Trinajstić information content (AvgIpc) is 2.25. The van der Waals surface area contributed by atoms with Crippen molar-refractivity contribution in [3.05, 3.63) is 22.3 Å². The van der Waals surface area contributed by atoms with E-state index in [0.29, 0.717) is 0 Å². The zero-order valence-corrected chi connectivity index (χ0v) is 12.2. The maximum absolute atomic E-state index is 12.9.